The van der Waals surface area contributed by atoms with Crippen molar-refractivity contribution in [2.45, 2.75) is 72.6 Å². The zero-order chi connectivity index (χ0) is 23.7. The predicted molar refractivity (Wildman–Crippen MR) is 144 cm³/mol. The average molecular weight is 574 g/mol. The number of likely N-dealkylation sites (tertiary alicyclic amines) is 1. The molecule has 1 heterocycles. The lowest BCUT2D eigenvalue weighted by Crippen LogP contribution is -2.44. The Morgan fingerprint density at radius 3 is 2.64 bits per heavy atom. The van der Waals surface area contributed by atoms with Gasteiger partial charge in [0, 0.05) is 31.7 Å². The van der Waals surface area contributed by atoms with Gasteiger partial charge in [0.1, 0.15) is 5.60 Å². The third kappa shape index (κ3) is 11.1. The normalized spacial score (nSPS) is 16.3. The zero-order valence-corrected chi connectivity index (χ0v) is 23.1. The second kappa shape index (κ2) is 13.6. The van der Waals surface area contributed by atoms with Crippen molar-refractivity contribution in [2.75, 3.05) is 25.0 Å². The van der Waals surface area contributed by atoms with E-state index in [0.29, 0.717) is 25.4 Å². The highest BCUT2D eigenvalue weighted by Crippen LogP contribution is 2.15. The maximum atomic E-state index is 12.1. The van der Waals surface area contributed by atoms with Gasteiger partial charge in [0.2, 0.25) is 5.91 Å². The largest absolute Gasteiger partial charge is 0.444 e. The summed E-state index contributed by atoms with van der Waals surface area (Å²) in [6, 6.07) is 7.81. The Morgan fingerprint density at radius 2 is 2.00 bits per heavy atom. The first kappa shape index (κ1) is 29.0. The fraction of sp³-hybridized carbons (Fsp3) is 0.625. The number of amides is 2. The number of anilines is 1. The number of hydrogen-bond acceptors (Lipinski definition) is 4. The smallest absolute Gasteiger partial charge is 0.407 e. The Bertz CT molecular complexity index is 808. The van der Waals surface area contributed by atoms with Crippen LogP contribution in [-0.2, 0) is 16.1 Å². The summed E-state index contributed by atoms with van der Waals surface area (Å²) in [6.07, 6.45) is 0.948. The van der Waals surface area contributed by atoms with Crippen LogP contribution in [0.25, 0.3) is 0 Å². The molecule has 2 amide bonds. The van der Waals surface area contributed by atoms with E-state index in [1.165, 1.54) is 0 Å². The van der Waals surface area contributed by atoms with Gasteiger partial charge in [-0.2, -0.15) is 0 Å². The number of ether oxygens (including phenoxy) is 1. The number of nitrogens with one attached hydrogen (secondary N) is 3. The van der Waals surface area contributed by atoms with E-state index in [1.807, 2.05) is 65.8 Å². The molecule has 1 aliphatic rings. The van der Waals surface area contributed by atoms with Gasteiger partial charge in [-0.05, 0) is 57.7 Å². The van der Waals surface area contributed by atoms with Gasteiger partial charge >= 0.3 is 6.09 Å². The molecular weight excluding hydrogens is 533 g/mol. The zero-order valence-electron chi connectivity index (χ0n) is 20.7. The minimum absolute atomic E-state index is 0. The van der Waals surface area contributed by atoms with Gasteiger partial charge < -0.3 is 25.6 Å². The first-order valence-corrected chi connectivity index (χ1v) is 11.5. The molecule has 1 unspecified atom stereocenters. The van der Waals surface area contributed by atoms with Crippen molar-refractivity contribution < 1.29 is 14.3 Å². The molecule has 0 aromatic heterocycles. The van der Waals surface area contributed by atoms with Gasteiger partial charge in [-0.3, -0.25) is 4.79 Å². The van der Waals surface area contributed by atoms with E-state index in [4.69, 9.17) is 9.73 Å². The van der Waals surface area contributed by atoms with Crippen LogP contribution in [0, 0.1) is 5.92 Å². The quantitative estimate of drug-likeness (QED) is 0.256. The monoisotopic (exact) mass is 573 g/mol. The molecule has 186 valence electrons. The Hall–Kier alpha value is -2.04. The first-order valence-electron chi connectivity index (χ1n) is 11.5. The summed E-state index contributed by atoms with van der Waals surface area (Å²) in [7, 11) is 0. The molecule has 0 spiro atoms. The molecule has 0 bridgehead atoms. The Kier molecular flexibility index (Phi) is 12.0. The first-order chi connectivity index (χ1) is 15.1. The molecule has 0 radical (unpaired) electrons. The van der Waals surface area contributed by atoms with E-state index in [-0.39, 0.29) is 42.0 Å². The van der Waals surface area contributed by atoms with Crippen molar-refractivity contribution in [1.82, 2.24) is 15.5 Å². The van der Waals surface area contributed by atoms with Gasteiger partial charge in [-0.1, -0.05) is 26.0 Å². The van der Waals surface area contributed by atoms with Crippen LogP contribution in [0.3, 0.4) is 0 Å². The number of nitrogens with zero attached hydrogens (tertiary/aromatic N) is 2. The minimum atomic E-state index is -0.512. The van der Waals surface area contributed by atoms with Gasteiger partial charge in [0.05, 0.1) is 12.6 Å². The maximum absolute atomic E-state index is 12.1. The lowest BCUT2D eigenvalue weighted by atomic mass is 10.1. The van der Waals surface area contributed by atoms with Crippen LogP contribution in [0.1, 0.15) is 59.9 Å². The average Bonchev–Trinajstić information content (AvgIpc) is 3.11. The van der Waals surface area contributed by atoms with E-state index >= 15 is 0 Å². The van der Waals surface area contributed by atoms with E-state index in [1.54, 1.807) is 0 Å². The molecular formula is C24H40IN5O3. The number of rotatable bonds is 7. The van der Waals surface area contributed by atoms with Crippen LogP contribution in [0.5, 0.6) is 0 Å². The van der Waals surface area contributed by atoms with Crippen molar-refractivity contribution in [2.24, 2.45) is 10.9 Å². The third-order valence-electron chi connectivity index (χ3n) is 4.76. The summed E-state index contributed by atoms with van der Waals surface area (Å²) in [4.78, 5) is 31.1. The third-order valence-corrected chi connectivity index (χ3v) is 4.76. The van der Waals surface area contributed by atoms with Crippen molar-refractivity contribution in [3.05, 3.63) is 29.8 Å². The topological polar surface area (TPSA) is 95.1 Å². The standard InChI is InChI=1S/C24H39N5O3.HI/c1-7-25-22(29-12-11-20(16-29)28-23(31)32-24(4,5)6)26-15-18-9-8-10-19(14-18)27-21(30)13-17(2)3;/h8-10,14,17,20H,7,11-13,15-16H2,1-6H3,(H,25,26)(H,27,30)(H,28,31);1H. The van der Waals surface area contributed by atoms with Crippen LogP contribution in [0.4, 0.5) is 10.5 Å². The second-order valence-corrected chi connectivity index (χ2v) is 9.59. The Balaban J connectivity index is 0.00000544. The predicted octanol–water partition coefficient (Wildman–Crippen LogP) is 4.35. The number of hydrogen-bond donors (Lipinski definition) is 3. The number of guanidine groups is 1. The van der Waals surface area contributed by atoms with Crippen molar-refractivity contribution in [3.63, 3.8) is 0 Å². The number of carbonyl (C=O) groups is 2. The van der Waals surface area contributed by atoms with Crippen LogP contribution >= 0.6 is 24.0 Å². The molecule has 0 aliphatic carbocycles. The van der Waals surface area contributed by atoms with Crippen LogP contribution in [0.2, 0.25) is 0 Å². The number of carbonyl (C=O) groups excluding carboxylic acids is 2. The maximum Gasteiger partial charge on any atom is 0.407 e. The second-order valence-electron chi connectivity index (χ2n) is 9.59. The van der Waals surface area contributed by atoms with Gasteiger partial charge in [-0.25, -0.2) is 9.79 Å². The molecule has 1 saturated heterocycles. The highest BCUT2D eigenvalue weighted by atomic mass is 127. The van der Waals surface area contributed by atoms with Crippen molar-refractivity contribution in [3.8, 4) is 0 Å². The molecule has 1 aromatic carbocycles. The summed E-state index contributed by atoms with van der Waals surface area (Å²) in [6.45, 7) is 14.4. The Morgan fingerprint density at radius 1 is 1.27 bits per heavy atom. The number of alkyl carbamates (subject to hydrolysis) is 1. The summed E-state index contributed by atoms with van der Waals surface area (Å²) < 4.78 is 5.36. The van der Waals surface area contributed by atoms with Crippen LogP contribution in [0.15, 0.2) is 29.3 Å². The molecule has 9 heteroatoms. The molecule has 1 atom stereocenters. The fourth-order valence-electron chi connectivity index (χ4n) is 3.47. The van der Waals surface area contributed by atoms with Gasteiger partial charge in [0.15, 0.2) is 5.96 Å². The minimum Gasteiger partial charge on any atom is -0.444 e. The van der Waals surface area contributed by atoms with Crippen molar-refractivity contribution in [1.29, 1.82) is 0 Å². The number of benzene rings is 1. The summed E-state index contributed by atoms with van der Waals surface area (Å²) in [5, 5.41) is 9.24. The highest BCUT2D eigenvalue weighted by Gasteiger charge is 2.27. The molecule has 1 aliphatic heterocycles. The lowest BCUT2D eigenvalue weighted by Gasteiger charge is -2.23. The lowest BCUT2D eigenvalue weighted by molar-refractivity contribution is -0.116. The van der Waals surface area contributed by atoms with E-state index in [9.17, 15) is 9.59 Å². The highest BCUT2D eigenvalue weighted by molar-refractivity contribution is 14.0. The molecule has 8 nitrogen and oxygen atoms in total. The van der Waals surface area contributed by atoms with Crippen LogP contribution < -0.4 is 16.0 Å². The van der Waals surface area contributed by atoms with Gasteiger partial charge in [0.25, 0.3) is 0 Å². The fourth-order valence-corrected chi connectivity index (χ4v) is 3.47. The molecule has 1 aromatic rings. The summed E-state index contributed by atoms with van der Waals surface area (Å²) in [5.74, 6) is 1.16. The summed E-state index contributed by atoms with van der Waals surface area (Å²) in [5.41, 5.74) is 1.29. The van der Waals surface area contributed by atoms with E-state index < -0.39 is 5.60 Å². The SMILES string of the molecule is CCNC(=NCc1cccc(NC(=O)CC(C)C)c1)N1CCC(NC(=O)OC(C)(C)C)C1.I. The number of halogens is 1. The van der Waals surface area contributed by atoms with Crippen molar-refractivity contribution >= 4 is 47.6 Å². The van der Waals surface area contributed by atoms with E-state index in [2.05, 4.69) is 20.9 Å². The van der Waals surface area contributed by atoms with Gasteiger partial charge in [-0.15, -0.1) is 24.0 Å². The molecule has 33 heavy (non-hydrogen) atoms. The molecule has 0 saturated carbocycles. The summed E-state index contributed by atoms with van der Waals surface area (Å²) >= 11 is 0. The number of aliphatic imine (C=N–C) groups is 1. The molecule has 1 fully saturated rings. The molecule has 3 N–H and O–H groups in total. The molecule has 2 rings (SSSR count). The van der Waals surface area contributed by atoms with E-state index in [0.717, 1.165) is 36.7 Å². The van der Waals surface area contributed by atoms with Crippen LogP contribution in [-0.4, -0.2) is 54.1 Å². The Labute approximate surface area is 215 Å².